The lowest BCUT2D eigenvalue weighted by atomic mass is 10.2. The zero-order valence-electron chi connectivity index (χ0n) is 10.8. The fourth-order valence-corrected chi connectivity index (χ4v) is 2.35. The predicted molar refractivity (Wildman–Crippen MR) is 75.3 cm³/mol. The number of amides is 2. The summed E-state index contributed by atoms with van der Waals surface area (Å²) in [6.07, 6.45) is 4.77. The van der Waals surface area contributed by atoms with Crippen molar-refractivity contribution in [2.45, 2.75) is 19.3 Å². The van der Waals surface area contributed by atoms with Gasteiger partial charge in [-0.05, 0) is 49.1 Å². The van der Waals surface area contributed by atoms with Crippen molar-refractivity contribution >= 4 is 17.4 Å². The SMILES string of the molecule is O=C(Nc1cccc(F)c1)Nc1cnc2c(c1)CCC2. The first-order chi connectivity index (χ1) is 9.70. The quantitative estimate of drug-likeness (QED) is 0.880. The molecule has 2 aromatic rings. The maximum absolute atomic E-state index is 13.0. The van der Waals surface area contributed by atoms with Crippen LogP contribution >= 0.6 is 0 Å². The van der Waals surface area contributed by atoms with E-state index < -0.39 is 6.03 Å². The number of aryl methyl sites for hydroxylation is 2. The van der Waals surface area contributed by atoms with Crippen LogP contribution in [0.15, 0.2) is 36.5 Å². The van der Waals surface area contributed by atoms with E-state index in [-0.39, 0.29) is 5.82 Å². The van der Waals surface area contributed by atoms with Crippen molar-refractivity contribution in [1.82, 2.24) is 4.98 Å². The second kappa shape index (κ2) is 5.28. The normalized spacial score (nSPS) is 12.8. The van der Waals surface area contributed by atoms with Crippen molar-refractivity contribution < 1.29 is 9.18 Å². The smallest absolute Gasteiger partial charge is 0.308 e. The number of pyridine rings is 1. The molecule has 0 fully saturated rings. The summed E-state index contributed by atoms with van der Waals surface area (Å²) in [5, 5.41) is 5.29. The average Bonchev–Trinajstić information content (AvgIpc) is 2.86. The summed E-state index contributed by atoms with van der Waals surface area (Å²) in [4.78, 5) is 16.2. The molecule has 1 heterocycles. The van der Waals surface area contributed by atoms with Crippen molar-refractivity contribution in [2.24, 2.45) is 0 Å². The third-order valence-electron chi connectivity index (χ3n) is 3.26. The Balaban J connectivity index is 1.67. The van der Waals surface area contributed by atoms with Crippen LogP contribution in [-0.2, 0) is 12.8 Å². The molecule has 1 aromatic heterocycles. The molecule has 20 heavy (non-hydrogen) atoms. The largest absolute Gasteiger partial charge is 0.323 e. The maximum atomic E-state index is 13.0. The van der Waals surface area contributed by atoms with Gasteiger partial charge in [0.1, 0.15) is 5.82 Å². The molecule has 1 aliphatic rings. The van der Waals surface area contributed by atoms with Gasteiger partial charge in [0.2, 0.25) is 0 Å². The van der Waals surface area contributed by atoms with E-state index in [0.717, 1.165) is 25.0 Å². The molecule has 0 bridgehead atoms. The van der Waals surface area contributed by atoms with Gasteiger partial charge in [-0.15, -0.1) is 0 Å². The van der Waals surface area contributed by atoms with Crippen molar-refractivity contribution in [3.63, 3.8) is 0 Å². The fraction of sp³-hybridized carbons (Fsp3) is 0.200. The number of nitrogens with zero attached hydrogens (tertiary/aromatic N) is 1. The zero-order valence-corrected chi connectivity index (χ0v) is 10.8. The lowest BCUT2D eigenvalue weighted by Crippen LogP contribution is -2.19. The highest BCUT2D eigenvalue weighted by Crippen LogP contribution is 2.22. The van der Waals surface area contributed by atoms with Gasteiger partial charge in [-0.3, -0.25) is 4.98 Å². The minimum atomic E-state index is -0.407. The summed E-state index contributed by atoms with van der Waals surface area (Å²) >= 11 is 0. The molecule has 2 amide bonds. The van der Waals surface area contributed by atoms with Crippen LogP contribution < -0.4 is 10.6 Å². The molecule has 0 spiro atoms. The maximum Gasteiger partial charge on any atom is 0.323 e. The number of urea groups is 1. The highest BCUT2D eigenvalue weighted by molar-refractivity contribution is 5.99. The predicted octanol–water partition coefficient (Wildman–Crippen LogP) is 3.35. The highest BCUT2D eigenvalue weighted by atomic mass is 19.1. The summed E-state index contributed by atoms with van der Waals surface area (Å²) < 4.78 is 13.0. The molecule has 0 atom stereocenters. The van der Waals surface area contributed by atoms with Crippen LogP contribution in [0.4, 0.5) is 20.6 Å². The molecule has 2 N–H and O–H groups in total. The minimum Gasteiger partial charge on any atom is -0.308 e. The van der Waals surface area contributed by atoms with E-state index >= 15 is 0 Å². The third kappa shape index (κ3) is 2.77. The van der Waals surface area contributed by atoms with Crippen LogP contribution in [0.25, 0.3) is 0 Å². The molecule has 5 heteroatoms. The van der Waals surface area contributed by atoms with Gasteiger partial charge in [-0.2, -0.15) is 0 Å². The monoisotopic (exact) mass is 271 g/mol. The standard InChI is InChI=1S/C15H14FN3O/c16-11-4-2-5-12(8-11)18-15(20)19-13-7-10-3-1-6-14(10)17-9-13/h2,4-5,7-9H,1,3,6H2,(H2,18,19,20). The van der Waals surface area contributed by atoms with Gasteiger partial charge in [0.15, 0.2) is 0 Å². The van der Waals surface area contributed by atoms with Crippen LogP contribution in [0.3, 0.4) is 0 Å². The number of carbonyl (C=O) groups is 1. The summed E-state index contributed by atoms with van der Waals surface area (Å²) in [6.45, 7) is 0. The topological polar surface area (TPSA) is 54.0 Å². The number of hydrogen-bond donors (Lipinski definition) is 2. The number of hydrogen-bond acceptors (Lipinski definition) is 2. The van der Waals surface area contributed by atoms with Crippen LogP contribution in [0, 0.1) is 5.82 Å². The Kier molecular flexibility index (Phi) is 3.33. The number of halogens is 1. The number of carbonyl (C=O) groups excluding carboxylic acids is 1. The molecule has 0 unspecified atom stereocenters. The van der Waals surface area contributed by atoms with Crippen LogP contribution in [-0.4, -0.2) is 11.0 Å². The van der Waals surface area contributed by atoms with Crippen LogP contribution in [0.2, 0.25) is 0 Å². The van der Waals surface area contributed by atoms with E-state index in [1.165, 1.54) is 17.7 Å². The fourth-order valence-electron chi connectivity index (χ4n) is 2.35. The lowest BCUT2D eigenvalue weighted by molar-refractivity contribution is 0.262. The minimum absolute atomic E-state index is 0.387. The van der Waals surface area contributed by atoms with Gasteiger partial charge in [0, 0.05) is 11.4 Å². The number of benzene rings is 1. The van der Waals surface area contributed by atoms with Crippen molar-refractivity contribution in [1.29, 1.82) is 0 Å². The summed E-state index contributed by atoms with van der Waals surface area (Å²) in [5.74, 6) is -0.387. The lowest BCUT2D eigenvalue weighted by Gasteiger charge is -2.08. The molecule has 0 radical (unpaired) electrons. The molecule has 0 saturated carbocycles. The second-order valence-corrected chi connectivity index (χ2v) is 4.77. The Bertz CT molecular complexity index is 657. The van der Waals surface area contributed by atoms with Crippen LogP contribution in [0.5, 0.6) is 0 Å². The van der Waals surface area contributed by atoms with E-state index in [2.05, 4.69) is 15.6 Å². The van der Waals surface area contributed by atoms with E-state index in [4.69, 9.17) is 0 Å². The van der Waals surface area contributed by atoms with E-state index in [1.54, 1.807) is 18.3 Å². The molecule has 1 aromatic carbocycles. The Morgan fingerprint density at radius 3 is 2.85 bits per heavy atom. The van der Waals surface area contributed by atoms with Gasteiger partial charge in [0.25, 0.3) is 0 Å². The molecule has 102 valence electrons. The van der Waals surface area contributed by atoms with Gasteiger partial charge >= 0.3 is 6.03 Å². The first-order valence-electron chi connectivity index (χ1n) is 6.52. The van der Waals surface area contributed by atoms with Gasteiger partial charge in [-0.1, -0.05) is 6.07 Å². The van der Waals surface area contributed by atoms with Gasteiger partial charge in [0.05, 0.1) is 11.9 Å². The van der Waals surface area contributed by atoms with Crippen LogP contribution in [0.1, 0.15) is 17.7 Å². The second-order valence-electron chi connectivity index (χ2n) is 4.77. The first-order valence-corrected chi connectivity index (χ1v) is 6.52. The van der Waals surface area contributed by atoms with Crippen molar-refractivity contribution in [3.05, 3.63) is 53.6 Å². The summed E-state index contributed by atoms with van der Waals surface area (Å²) in [5.41, 5.74) is 3.37. The number of rotatable bonds is 2. The average molecular weight is 271 g/mol. The molecule has 4 nitrogen and oxygen atoms in total. The Hall–Kier alpha value is -2.43. The molecule has 3 rings (SSSR count). The highest BCUT2D eigenvalue weighted by Gasteiger charge is 2.13. The van der Waals surface area contributed by atoms with E-state index in [0.29, 0.717) is 11.4 Å². The summed E-state index contributed by atoms with van der Waals surface area (Å²) in [7, 11) is 0. The number of aromatic nitrogens is 1. The molecule has 0 aliphatic heterocycles. The van der Waals surface area contributed by atoms with Gasteiger partial charge in [-0.25, -0.2) is 9.18 Å². The number of anilines is 2. The van der Waals surface area contributed by atoms with Gasteiger partial charge < -0.3 is 10.6 Å². The van der Waals surface area contributed by atoms with E-state index in [9.17, 15) is 9.18 Å². The molecule has 1 aliphatic carbocycles. The van der Waals surface area contributed by atoms with E-state index in [1.807, 2.05) is 6.07 Å². The van der Waals surface area contributed by atoms with Crippen molar-refractivity contribution in [2.75, 3.05) is 10.6 Å². The Labute approximate surface area is 116 Å². The summed E-state index contributed by atoms with van der Waals surface area (Å²) in [6, 6.07) is 7.30. The first kappa shape index (κ1) is 12.6. The van der Waals surface area contributed by atoms with Crippen molar-refractivity contribution in [3.8, 4) is 0 Å². The molecular weight excluding hydrogens is 257 g/mol. The number of fused-ring (bicyclic) bond motifs is 1. The zero-order chi connectivity index (χ0) is 13.9. The Morgan fingerprint density at radius 1 is 1.15 bits per heavy atom. The number of nitrogens with one attached hydrogen (secondary N) is 2. The molecular formula is C15H14FN3O. The Morgan fingerprint density at radius 2 is 2.00 bits per heavy atom. The third-order valence-corrected chi connectivity index (χ3v) is 3.26. The molecule has 0 saturated heterocycles.